The number of likely N-dealkylation sites (tertiary alicyclic amines) is 1. The van der Waals surface area contributed by atoms with Gasteiger partial charge in [-0.1, -0.05) is 37.6 Å². The highest BCUT2D eigenvalue weighted by Crippen LogP contribution is 2.21. The van der Waals surface area contributed by atoms with E-state index in [2.05, 4.69) is 51.2 Å². The molecule has 1 fully saturated rings. The largest absolute Gasteiger partial charge is 0.463 e. The molecule has 0 unspecified atom stereocenters. The van der Waals surface area contributed by atoms with Crippen molar-refractivity contribution in [3.05, 3.63) is 41.6 Å². The molecule has 0 bridgehead atoms. The second-order valence-corrected chi connectivity index (χ2v) is 7.43. The molecular formula is C21H30Cl2N6O. The predicted molar refractivity (Wildman–Crippen MR) is 125 cm³/mol. The molecule has 4 rings (SSSR count). The number of nitrogen functional groups attached to an aromatic ring is 1. The molecule has 2 aromatic heterocycles. The molecule has 0 atom stereocenters. The minimum Gasteiger partial charge on any atom is -0.463 e. The third-order valence-corrected chi connectivity index (χ3v) is 5.19. The Hall–Kier alpha value is -2.09. The minimum atomic E-state index is 0. The summed E-state index contributed by atoms with van der Waals surface area (Å²) in [6.45, 7) is 6.81. The van der Waals surface area contributed by atoms with Crippen LogP contribution in [-0.2, 0) is 13.1 Å². The van der Waals surface area contributed by atoms with Gasteiger partial charge >= 0.3 is 6.01 Å². The van der Waals surface area contributed by atoms with E-state index in [0.29, 0.717) is 30.6 Å². The normalized spacial score (nSPS) is 13.8. The van der Waals surface area contributed by atoms with Crippen LogP contribution in [0, 0.1) is 0 Å². The fourth-order valence-electron chi connectivity index (χ4n) is 3.57. The molecule has 0 aliphatic carbocycles. The van der Waals surface area contributed by atoms with E-state index >= 15 is 0 Å². The zero-order valence-electron chi connectivity index (χ0n) is 17.3. The van der Waals surface area contributed by atoms with Crippen molar-refractivity contribution in [2.45, 2.75) is 45.7 Å². The molecule has 0 saturated carbocycles. The van der Waals surface area contributed by atoms with Gasteiger partial charge in [0.25, 0.3) is 0 Å². The van der Waals surface area contributed by atoms with E-state index in [-0.39, 0.29) is 24.8 Å². The van der Waals surface area contributed by atoms with Crippen molar-refractivity contribution in [2.75, 3.05) is 25.4 Å². The fourth-order valence-corrected chi connectivity index (χ4v) is 3.57. The van der Waals surface area contributed by atoms with E-state index in [0.717, 1.165) is 24.8 Å². The molecule has 0 spiro atoms. The molecule has 7 nitrogen and oxygen atoms in total. The zero-order valence-corrected chi connectivity index (χ0v) is 18.9. The fraction of sp³-hybridized carbons (Fsp3) is 0.476. The number of hydrogen-bond acceptors (Lipinski definition) is 6. The highest BCUT2D eigenvalue weighted by atomic mass is 35.5. The molecule has 0 amide bonds. The Labute approximate surface area is 189 Å². The number of hydrogen-bond donors (Lipinski definition) is 1. The quantitative estimate of drug-likeness (QED) is 0.518. The van der Waals surface area contributed by atoms with Crippen LogP contribution in [0.15, 0.2) is 30.5 Å². The molecule has 164 valence electrons. The van der Waals surface area contributed by atoms with E-state index < -0.39 is 0 Å². The Balaban J connectivity index is 0.00000160. The monoisotopic (exact) mass is 452 g/mol. The van der Waals surface area contributed by atoms with Crippen LogP contribution in [0.4, 0.5) is 5.82 Å². The summed E-state index contributed by atoms with van der Waals surface area (Å²) in [5.41, 5.74) is 9.32. The molecule has 2 N–H and O–H groups in total. The van der Waals surface area contributed by atoms with Crippen molar-refractivity contribution >= 4 is 41.7 Å². The number of anilines is 1. The number of benzene rings is 1. The smallest absolute Gasteiger partial charge is 0.320 e. The summed E-state index contributed by atoms with van der Waals surface area (Å²) in [6, 6.07) is 9.08. The summed E-state index contributed by atoms with van der Waals surface area (Å²) >= 11 is 0. The summed E-state index contributed by atoms with van der Waals surface area (Å²) in [4.78, 5) is 11.3. The predicted octanol–water partition coefficient (Wildman–Crippen LogP) is 4.08. The lowest BCUT2D eigenvalue weighted by Crippen LogP contribution is -2.18. The topological polar surface area (TPSA) is 82.1 Å². The van der Waals surface area contributed by atoms with Crippen LogP contribution in [0.3, 0.4) is 0 Å². The number of ether oxygens (including phenoxy) is 1. The van der Waals surface area contributed by atoms with Gasteiger partial charge in [0.1, 0.15) is 5.82 Å². The summed E-state index contributed by atoms with van der Waals surface area (Å²) in [5.74, 6) is 0.406. The van der Waals surface area contributed by atoms with Crippen LogP contribution < -0.4 is 10.5 Å². The number of unbranched alkanes of at least 4 members (excludes halogenated alkanes) is 1. The van der Waals surface area contributed by atoms with Crippen molar-refractivity contribution < 1.29 is 4.74 Å². The Bertz CT molecular complexity index is 925. The SMILES string of the molecule is CCCCOc1nc(N)c2cnn(Cc3ccc(CN4CCCC4)cc3)c2n1.Cl.Cl. The lowest BCUT2D eigenvalue weighted by molar-refractivity contribution is 0.286. The minimum absolute atomic E-state index is 0. The van der Waals surface area contributed by atoms with Gasteiger partial charge in [-0.2, -0.15) is 15.1 Å². The summed E-state index contributed by atoms with van der Waals surface area (Å²) < 4.78 is 7.50. The Morgan fingerprint density at radius 2 is 1.67 bits per heavy atom. The third kappa shape index (κ3) is 5.74. The standard InChI is InChI=1S/C21H28N6O.2ClH/c1-2-3-12-28-21-24-19(22)18-13-23-27(20(18)25-21)15-17-8-6-16(7-9-17)14-26-10-4-5-11-26;;/h6-9,13H,2-5,10-12,14-15H2,1H3,(H2,22,24,25);2*1H. The van der Waals surface area contributed by atoms with Crippen molar-refractivity contribution in [1.82, 2.24) is 24.6 Å². The van der Waals surface area contributed by atoms with Gasteiger partial charge in [-0.25, -0.2) is 4.68 Å². The number of nitrogens with two attached hydrogens (primary N) is 1. The number of rotatable bonds is 8. The third-order valence-electron chi connectivity index (χ3n) is 5.19. The van der Waals surface area contributed by atoms with Gasteiger partial charge < -0.3 is 10.5 Å². The first kappa shape index (κ1) is 24.2. The first-order valence-electron chi connectivity index (χ1n) is 10.1. The number of aromatic nitrogens is 4. The summed E-state index contributed by atoms with van der Waals surface area (Å²) in [6.07, 6.45) is 6.38. The number of nitrogens with zero attached hydrogens (tertiary/aromatic N) is 5. The molecule has 3 aromatic rings. The second kappa shape index (κ2) is 11.3. The molecule has 9 heteroatoms. The lowest BCUT2D eigenvalue weighted by Gasteiger charge is -2.14. The first-order chi connectivity index (χ1) is 13.7. The maximum absolute atomic E-state index is 6.08. The van der Waals surface area contributed by atoms with E-state index in [1.54, 1.807) is 6.20 Å². The average molecular weight is 453 g/mol. The maximum Gasteiger partial charge on any atom is 0.320 e. The Morgan fingerprint density at radius 1 is 1.00 bits per heavy atom. The van der Waals surface area contributed by atoms with E-state index in [1.807, 2.05) is 4.68 Å². The van der Waals surface area contributed by atoms with Gasteiger partial charge in [-0.05, 0) is 43.5 Å². The van der Waals surface area contributed by atoms with Crippen molar-refractivity contribution in [3.8, 4) is 6.01 Å². The van der Waals surface area contributed by atoms with Crippen LogP contribution in [0.1, 0.15) is 43.7 Å². The summed E-state index contributed by atoms with van der Waals surface area (Å²) in [5, 5.41) is 5.22. The van der Waals surface area contributed by atoms with Gasteiger partial charge in [0.05, 0.1) is 24.7 Å². The van der Waals surface area contributed by atoms with E-state index in [1.165, 1.54) is 37.1 Å². The molecule has 3 heterocycles. The number of halogens is 2. The van der Waals surface area contributed by atoms with Gasteiger partial charge in [0, 0.05) is 6.54 Å². The highest BCUT2D eigenvalue weighted by molar-refractivity contribution is 5.86. The van der Waals surface area contributed by atoms with Crippen molar-refractivity contribution in [3.63, 3.8) is 0 Å². The van der Waals surface area contributed by atoms with Crippen LogP contribution in [0.25, 0.3) is 11.0 Å². The van der Waals surface area contributed by atoms with Crippen LogP contribution in [0.5, 0.6) is 6.01 Å². The molecular weight excluding hydrogens is 423 g/mol. The van der Waals surface area contributed by atoms with Gasteiger partial charge in [-0.15, -0.1) is 24.8 Å². The molecule has 0 radical (unpaired) electrons. The van der Waals surface area contributed by atoms with Crippen molar-refractivity contribution in [2.24, 2.45) is 0 Å². The van der Waals surface area contributed by atoms with Crippen LogP contribution >= 0.6 is 24.8 Å². The Kier molecular flexibility index (Phi) is 9.14. The average Bonchev–Trinajstić information content (AvgIpc) is 3.34. The molecule has 1 aliphatic heterocycles. The van der Waals surface area contributed by atoms with Crippen LogP contribution in [0.2, 0.25) is 0 Å². The van der Waals surface area contributed by atoms with E-state index in [4.69, 9.17) is 10.5 Å². The van der Waals surface area contributed by atoms with Gasteiger partial charge in [0.2, 0.25) is 0 Å². The lowest BCUT2D eigenvalue weighted by atomic mass is 10.1. The first-order valence-corrected chi connectivity index (χ1v) is 10.1. The molecule has 1 aromatic carbocycles. The Morgan fingerprint density at radius 3 is 2.33 bits per heavy atom. The zero-order chi connectivity index (χ0) is 19.3. The highest BCUT2D eigenvalue weighted by Gasteiger charge is 2.13. The van der Waals surface area contributed by atoms with Gasteiger partial charge in [-0.3, -0.25) is 4.90 Å². The van der Waals surface area contributed by atoms with Crippen LogP contribution in [-0.4, -0.2) is 44.3 Å². The summed E-state index contributed by atoms with van der Waals surface area (Å²) in [7, 11) is 0. The van der Waals surface area contributed by atoms with Gasteiger partial charge in [0.15, 0.2) is 5.65 Å². The number of fused-ring (bicyclic) bond motifs is 1. The molecule has 30 heavy (non-hydrogen) atoms. The van der Waals surface area contributed by atoms with E-state index in [9.17, 15) is 0 Å². The maximum atomic E-state index is 6.08. The van der Waals surface area contributed by atoms with Crippen molar-refractivity contribution in [1.29, 1.82) is 0 Å². The molecule has 1 saturated heterocycles. The second-order valence-electron chi connectivity index (χ2n) is 7.43. The molecule has 1 aliphatic rings.